The summed E-state index contributed by atoms with van der Waals surface area (Å²) in [6.07, 6.45) is -4.65. The fraction of sp³-hybridized carbons (Fsp3) is 0.458. The van der Waals surface area contributed by atoms with Crippen LogP contribution in [0.3, 0.4) is 0 Å². The Hall–Kier alpha value is -3.10. The largest absolute Gasteiger partial charge is 0.468 e. The fourth-order valence-electron chi connectivity index (χ4n) is 4.43. The van der Waals surface area contributed by atoms with Crippen molar-refractivity contribution in [1.82, 2.24) is 5.32 Å². The number of methoxy groups -OCH3 is 1. The van der Waals surface area contributed by atoms with E-state index >= 15 is 0 Å². The highest BCUT2D eigenvalue weighted by atomic mass is 19.4. The van der Waals surface area contributed by atoms with Crippen LogP contribution in [0.25, 0.3) is 0 Å². The first kappa shape index (κ1) is 24.5. The summed E-state index contributed by atoms with van der Waals surface area (Å²) in [7, 11) is 1.19. The minimum Gasteiger partial charge on any atom is -0.468 e. The average Bonchev–Trinajstić information content (AvgIpc) is 2.71. The van der Waals surface area contributed by atoms with Gasteiger partial charge < -0.3 is 14.8 Å². The molecule has 3 rings (SSSR count). The minimum atomic E-state index is -4.53. The van der Waals surface area contributed by atoms with Crippen LogP contribution in [0.4, 0.5) is 13.2 Å². The van der Waals surface area contributed by atoms with Crippen molar-refractivity contribution in [3.05, 3.63) is 57.9 Å². The number of ketones is 1. The first-order valence-electron chi connectivity index (χ1n) is 10.6. The second-order valence-corrected chi connectivity index (χ2v) is 8.61. The number of carbonyl (C=O) groups excluding carboxylic acids is 3. The number of rotatable bonds is 4. The maximum absolute atomic E-state index is 13.5. The molecule has 0 saturated carbocycles. The van der Waals surface area contributed by atoms with E-state index in [9.17, 15) is 27.6 Å². The Morgan fingerprint density at radius 3 is 2.27 bits per heavy atom. The molecule has 0 radical (unpaired) electrons. The molecule has 1 aromatic rings. The van der Waals surface area contributed by atoms with Crippen molar-refractivity contribution < 1.29 is 37.0 Å². The molecule has 33 heavy (non-hydrogen) atoms. The van der Waals surface area contributed by atoms with Crippen LogP contribution >= 0.6 is 0 Å². The van der Waals surface area contributed by atoms with Gasteiger partial charge >= 0.3 is 18.1 Å². The molecule has 0 saturated heterocycles. The normalized spacial score (nSPS) is 23.3. The summed E-state index contributed by atoms with van der Waals surface area (Å²) in [6.45, 7) is 6.74. The molecule has 1 heterocycles. The first-order chi connectivity index (χ1) is 15.4. The number of halogens is 3. The molecule has 1 aromatic carbocycles. The van der Waals surface area contributed by atoms with E-state index in [0.29, 0.717) is 23.4 Å². The molecule has 0 amide bonds. The molecule has 2 aliphatic rings. The lowest BCUT2D eigenvalue weighted by atomic mass is 9.69. The number of ether oxygens (including phenoxy) is 2. The highest BCUT2D eigenvalue weighted by Crippen LogP contribution is 2.46. The molecule has 0 unspecified atom stereocenters. The van der Waals surface area contributed by atoms with Crippen LogP contribution in [0.1, 0.15) is 51.2 Å². The van der Waals surface area contributed by atoms with Gasteiger partial charge in [-0.3, -0.25) is 9.59 Å². The van der Waals surface area contributed by atoms with Gasteiger partial charge in [-0.1, -0.05) is 19.1 Å². The predicted octanol–water partition coefficient (Wildman–Crippen LogP) is 4.27. The van der Waals surface area contributed by atoms with E-state index in [1.807, 2.05) is 0 Å². The van der Waals surface area contributed by atoms with Gasteiger partial charge in [0, 0.05) is 22.9 Å². The number of hydrogen-bond acceptors (Lipinski definition) is 6. The van der Waals surface area contributed by atoms with E-state index < -0.39 is 47.4 Å². The molecule has 1 aliphatic heterocycles. The van der Waals surface area contributed by atoms with Gasteiger partial charge in [0.2, 0.25) is 0 Å². The Bertz CT molecular complexity index is 1040. The Morgan fingerprint density at radius 1 is 1.15 bits per heavy atom. The van der Waals surface area contributed by atoms with E-state index in [0.717, 1.165) is 12.1 Å². The van der Waals surface area contributed by atoms with Crippen LogP contribution < -0.4 is 5.32 Å². The number of allylic oxidation sites excluding steroid dienone is 3. The van der Waals surface area contributed by atoms with Gasteiger partial charge in [-0.15, -0.1) is 0 Å². The van der Waals surface area contributed by atoms with E-state index in [1.54, 1.807) is 27.7 Å². The van der Waals surface area contributed by atoms with Crippen LogP contribution in [0.15, 0.2) is 46.8 Å². The molecule has 1 aliphatic carbocycles. The first-order valence-corrected chi connectivity index (χ1v) is 10.6. The summed E-state index contributed by atoms with van der Waals surface area (Å²) in [5.74, 6) is -4.32. The summed E-state index contributed by atoms with van der Waals surface area (Å²) < 4.78 is 49.6. The van der Waals surface area contributed by atoms with Crippen molar-refractivity contribution in [2.75, 3.05) is 7.11 Å². The lowest BCUT2D eigenvalue weighted by molar-refractivity contribution is -0.151. The Labute approximate surface area is 189 Å². The van der Waals surface area contributed by atoms with Gasteiger partial charge in [0.05, 0.1) is 24.4 Å². The van der Waals surface area contributed by atoms with Gasteiger partial charge in [0.1, 0.15) is 5.92 Å². The Kier molecular flexibility index (Phi) is 6.72. The number of alkyl halides is 3. The zero-order valence-corrected chi connectivity index (χ0v) is 19.0. The van der Waals surface area contributed by atoms with Crippen molar-refractivity contribution >= 4 is 17.7 Å². The van der Waals surface area contributed by atoms with Gasteiger partial charge in [-0.05, 0) is 50.8 Å². The lowest BCUT2D eigenvalue weighted by Crippen LogP contribution is -2.43. The number of benzene rings is 1. The maximum atomic E-state index is 13.5. The van der Waals surface area contributed by atoms with Crippen LogP contribution in [-0.2, 0) is 30.0 Å². The number of Topliss-reactive ketones (excluding diaryl/α,β-unsaturated/α-hetero) is 1. The SMILES string of the molecule is COC(=O)[C@@H]1C(=O)C2=C(C[C@@H]1C)NC(C)=C(C(=O)OC(C)C)[C@H]2c1ccc(C(F)(F)F)cc1. The van der Waals surface area contributed by atoms with Crippen molar-refractivity contribution in [2.45, 2.75) is 52.3 Å². The molecule has 6 nitrogen and oxygen atoms in total. The van der Waals surface area contributed by atoms with E-state index in [2.05, 4.69) is 5.32 Å². The zero-order valence-electron chi connectivity index (χ0n) is 19.0. The quantitative estimate of drug-likeness (QED) is 0.528. The summed E-state index contributed by atoms with van der Waals surface area (Å²) in [4.78, 5) is 38.9. The molecule has 1 N–H and O–H groups in total. The van der Waals surface area contributed by atoms with Crippen molar-refractivity contribution in [1.29, 1.82) is 0 Å². The highest BCUT2D eigenvalue weighted by molar-refractivity contribution is 6.12. The number of carbonyl (C=O) groups is 3. The Balaban J connectivity index is 2.18. The fourth-order valence-corrected chi connectivity index (χ4v) is 4.43. The molecule has 0 fully saturated rings. The topological polar surface area (TPSA) is 81.7 Å². The van der Waals surface area contributed by atoms with Gasteiger partial charge in [-0.25, -0.2) is 4.79 Å². The molecule has 0 aromatic heterocycles. The molecular formula is C24H26F3NO5. The molecular weight excluding hydrogens is 439 g/mol. The van der Waals surface area contributed by atoms with Crippen LogP contribution in [0, 0.1) is 11.8 Å². The standard InChI is InChI=1S/C24H26F3NO5/c1-11(2)33-23(31)18-13(4)28-16-10-12(3)17(22(30)32-5)21(29)20(16)19(18)14-6-8-15(9-7-14)24(25,26)27/h6-9,11-12,17,19,28H,10H2,1-5H3/t12-,17-,19+/m0/s1. The zero-order chi connectivity index (χ0) is 24.7. The van der Waals surface area contributed by atoms with Crippen molar-refractivity contribution in [3.63, 3.8) is 0 Å². The predicted molar refractivity (Wildman–Crippen MR) is 113 cm³/mol. The summed E-state index contributed by atoms with van der Waals surface area (Å²) >= 11 is 0. The minimum absolute atomic E-state index is 0.119. The summed E-state index contributed by atoms with van der Waals surface area (Å²) in [5.41, 5.74) is 0.742. The third-order valence-electron chi connectivity index (χ3n) is 5.88. The van der Waals surface area contributed by atoms with E-state index in [-0.39, 0.29) is 17.1 Å². The smallest absolute Gasteiger partial charge is 0.416 e. The second-order valence-electron chi connectivity index (χ2n) is 8.61. The Morgan fingerprint density at radius 2 is 1.76 bits per heavy atom. The van der Waals surface area contributed by atoms with Crippen LogP contribution in [0.5, 0.6) is 0 Å². The summed E-state index contributed by atoms with van der Waals surface area (Å²) in [6, 6.07) is 4.31. The van der Waals surface area contributed by atoms with Crippen molar-refractivity contribution in [3.8, 4) is 0 Å². The number of hydrogen-bond donors (Lipinski definition) is 1. The van der Waals surface area contributed by atoms with Crippen molar-refractivity contribution in [2.24, 2.45) is 11.8 Å². The third-order valence-corrected chi connectivity index (χ3v) is 5.88. The van der Waals surface area contributed by atoms with Crippen LogP contribution in [-0.4, -0.2) is 30.9 Å². The number of dihydropyridines is 1. The number of nitrogens with one attached hydrogen (secondary N) is 1. The van der Waals surface area contributed by atoms with E-state index in [1.165, 1.54) is 19.2 Å². The van der Waals surface area contributed by atoms with Crippen LogP contribution in [0.2, 0.25) is 0 Å². The van der Waals surface area contributed by atoms with E-state index in [4.69, 9.17) is 9.47 Å². The lowest BCUT2D eigenvalue weighted by Gasteiger charge is -2.38. The monoisotopic (exact) mass is 465 g/mol. The van der Waals surface area contributed by atoms with Gasteiger partial charge in [-0.2, -0.15) is 13.2 Å². The average molecular weight is 465 g/mol. The van der Waals surface area contributed by atoms with Gasteiger partial charge in [0.25, 0.3) is 0 Å². The maximum Gasteiger partial charge on any atom is 0.416 e. The molecule has 3 atom stereocenters. The molecule has 178 valence electrons. The highest BCUT2D eigenvalue weighted by Gasteiger charge is 2.47. The summed E-state index contributed by atoms with van der Waals surface area (Å²) in [5, 5.41) is 3.10. The molecule has 0 spiro atoms. The third kappa shape index (κ3) is 4.67. The molecule has 9 heteroatoms. The second kappa shape index (κ2) is 9.03. The molecule has 0 bridgehead atoms. The number of esters is 2. The van der Waals surface area contributed by atoms with Gasteiger partial charge in [0.15, 0.2) is 5.78 Å².